The molecular formula is C12H12BrFN4O2. The van der Waals surface area contributed by atoms with E-state index in [1.807, 2.05) is 6.92 Å². The summed E-state index contributed by atoms with van der Waals surface area (Å²) in [5.41, 5.74) is 0.863. The molecule has 0 saturated heterocycles. The predicted molar refractivity (Wildman–Crippen MR) is 74.1 cm³/mol. The number of rotatable bonds is 5. The van der Waals surface area contributed by atoms with Crippen LogP contribution in [0.15, 0.2) is 24.4 Å². The molecule has 0 radical (unpaired) electrons. The van der Waals surface area contributed by atoms with Gasteiger partial charge in [0.2, 0.25) is 5.82 Å². The lowest BCUT2D eigenvalue weighted by Crippen LogP contribution is -2.02. The van der Waals surface area contributed by atoms with Crippen LogP contribution < -0.4 is 0 Å². The predicted octanol–water partition coefficient (Wildman–Crippen LogP) is 3.22. The fourth-order valence-electron chi connectivity index (χ4n) is 1.73. The Morgan fingerprint density at radius 3 is 2.90 bits per heavy atom. The second-order valence-electron chi connectivity index (χ2n) is 4.26. The molecule has 0 saturated carbocycles. The lowest BCUT2D eigenvalue weighted by Gasteiger charge is -2.02. The Morgan fingerprint density at radius 2 is 2.30 bits per heavy atom. The van der Waals surface area contributed by atoms with Crippen LogP contribution in [-0.2, 0) is 6.54 Å². The number of hydrogen-bond acceptors (Lipinski definition) is 4. The van der Waals surface area contributed by atoms with Crippen LogP contribution >= 0.6 is 15.9 Å². The quantitative estimate of drug-likeness (QED) is 0.475. The maximum Gasteiger partial charge on any atom is 0.304 e. The van der Waals surface area contributed by atoms with E-state index in [9.17, 15) is 14.5 Å². The molecule has 0 fully saturated rings. The van der Waals surface area contributed by atoms with Gasteiger partial charge in [0, 0.05) is 12.3 Å². The summed E-state index contributed by atoms with van der Waals surface area (Å²) in [7, 11) is 0. The molecule has 0 aliphatic heterocycles. The van der Waals surface area contributed by atoms with Gasteiger partial charge >= 0.3 is 5.69 Å². The Morgan fingerprint density at radius 1 is 1.55 bits per heavy atom. The van der Waals surface area contributed by atoms with Crippen molar-refractivity contribution in [2.45, 2.75) is 24.7 Å². The zero-order chi connectivity index (χ0) is 14.7. The summed E-state index contributed by atoms with van der Waals surface area (Å²) in [6.07, 6.45) is 2.65. The molecule has 0 N–H and O–H groups in total. The van der Waals surface area contributed by atoms with Gasteiger partial charge in [0.1, 0.15) is 0 Å². The summed E-state index contributed by atoms with van der Waals surface area (Å²) >= 11 is 3.47. The van der Waals surface area contributed by atoms with Crippen LogP contribution in [0.3, 0.4) is 0 Å². The fraction of sp³-hybridized carbons (Fsp3) is 0.333. The number of halogens is 2. The van der Waals surface area contributed by atoms with Crippen LogP contribution in [0.5, 0.6) is 0 Å². The highest BCUT2D eigenvalue weighted by molar-refractivity contribution is 9.09. The van der Waals surface area contributed by atoms with Crippen molar-refractivity contribution >= 4 is 21.6 Å². The van der Waals surface area contributed by atoms with E-state index in [0.29, 0.717) is 12.1 Å². The highest BCUT2D eigenvalue weighted by Gasteiger charge is 2.14. The van der Waals surface area contributed by atoms with Crippen molar-refractivity contribution in [3.8, 4) is 0 Å². The fourth-order valence-corrected chi connectivity index (χ4v) is 1.94. The minimum atomic E-state index is -0.847. The Kier molecular flexibility index (Phi) is 4.43. The van der Waals surface area contributed by atoms with E-state index in [1.165, 1.54) is 6.07 Å². The normalized spacial score (nSPS) is 12.3. The molecule has 1 aromatic heterocycles. The van der Waals surface area contributed by atoms with Gasteiger partial charge < -0.3 is 0 Å². The molecule has 0 bridgehead atoms. The number of hydrogen-bond donors (Lipinski definition) is 0. The Bertz CT molecular complexity index is 632. The number of aromatic nitrogens is 3. The van der Waals surface area contributed by atoms with Crippen molar-refractivity contribution in [2.75, 3.05) is 0 Å². The zero-order valence-electron chi connectivity index (χ0n) is 10.7. The lowest BCUT2D eigenvalue weighted by molar-refractivity contribution is -0.387. The SMILES string of the molecule is CCC(Br)c1cn(Cc2ccc([N+](=O)[O-])c(F)c2)nn1. The number of nitrogens with zero attached hydrogens (tertiary/aromatic N) is 4. The maximum absolute atomic E-state index is 13.5. The monoisotopic (exact) mass is 342 g/mol. The summed E-state index contributed by atoms with van der Waals surface area (Å²) in [6, 6.07) is 3.81. The van der Waals surface area contributed by atoms with Crippen LogP contribution in [0, 0.1) is 15.9 Å². The zero-order valence-corrected chi connectivity index (χ0v) is 12.2. The van der Waals surface area contributed by atoms with Gasteiger partial charge in [0.05, 0.1) is 22.0 Å². The first kappa shape index (κ1) is 14.6. The molecule has 8 heteroatoms. The van der Waals surface area contributed by atoms with Gasteiger partial charge in [-0.05, 0) is 18.1 Å². The van der Waals surface area contributed by atoms with Crippen molar-refractivity contribution < 1.29 is 9.31 Å². The third-order valence-corrected chi connectivity index (χ3v) is 3.91. The van der Waals surface area contributed by atoms with E-state index >= 15 is 0 Å². The van der Waals surface area contributed by atoms with Crippen molar-refractivity contribution in [2.24, 2.45) is 0 Å². The maximum atomic E-state index is 13.5. The number of alkyl halides is 1. The largest absolute Gasteiger partial charge is 0.304 e. The molecule has 1 unspecified atom stereocenters. The number of nitro groups is 1. The minimum absolute atomic E-state index is 0.129. The lowest BCUT2D eigenvalue weighted by atomic mass is 10.2. The molecule has 1 aromatic carbocycles. The Balaban J connectivity index is 2.16. The van der Waals surface area contributed by atoms with Crippen LogP contribution in [0.1, 0.15) is 29.4 Å². The molecule has 20 heavy (non-hydrogen) atoms. The highest BCUT2D eigenvalue weighted by Crippen LogP contribution is 2.23. The van der Waals surface area contributed by atoms with E-state index < -0.39 is 16.4 Å². The first-order chi connectivity index (χ1) is 9.51. The topological polar surface area (TPSA) is 73.8 Å². The Hall–Kier alpha value is -1.83. The summed E-state index contributed by atoms with van der Waals surface area (Å²) in [5.74, 6) is -0.847. The van der Waals surface area contributed by atoms with Gasteiger partial charge in [-0.3, -0.25) is 10.1 Å². The van der Waals surface area contributed by atoms with Crippen molar-refractivity contribution in [3.63, 3.8) is 0 Å². The number of benzene rings is 1. The van der Waals surface area contributed by atoms with Crippen LogP contribution in [0.25, 0.3) is 0 Å². The van der Waals surface area contributed by atoms with E-state index in [4.69, 9.17) is 0 Å². The van der Waals surface area contributed by atoms with Gasteiger partial charge in [-0.25, -0.2) is 4.68 Å². The third-order valence-electron chi connectivity index (χ3n) is 2.79. The van der Waals surface area contributed by atoms with E-state index in [-0.39, 0.29) is 4.83 Å². The second-order valence-corrected chi connectivity index (χ2v) is 5.36. The first-order valence-corrected chi connectivity index (χ1v) is 6.89. The molecule has 6 nitrogen and oxygen atoms in total. The van der Waals surface area contributed by atoms with Crippen LogP contribution in [-0.4, -0.2) is 19.9 Å². The van der Waals surface area contributed by atoms with Gasteiger partial charge in [-0.2, -0.15) is 4.39 Å². The molecule has 0 amide bonds. The van der Waals surface area contributed by atoms with Crippen molar-refractivity contribution in [3.05, 3.63) is 51.6 Å². The van der Waals surface area contributed by atoms with Crippen molar-refractivity contribution in [1.29, 1.82) is 0 Å². The average molecular weight is 343 g/mol. The first-order valence-electron chi connectivity index (χ1n) is 5.98. The molecule has 1 heterocycles. The molecule has 106 valence electrons. The molecular weight excluding hydrogens is 331 g/mol. The number of nitro benzene ring substituents is 1. The van der Waals surface area contributed by atoms with Gasteiger partial charge in [0.15, 0.2) is 0 Å². The third kappa shape index (κ3) is 3.19. The van der Waals surface area contributed by atoms with E-state index in [1.54, 1.807) is 10.9 Å². The van der Waals surface area contributed by atoms with Crippen molar-refractivity contribution in [1.82, 2.24) is 15.0 Å². The summed E-state index contributed by atoms with van der Waals surface area (Å²) in [4.78, 5) is 9.92. The molecule has 2 aromatic rings. The summed E-state index contributed by atoms with van der Waals surface area (Å²) in [5, 5.41) is 18.5. The smallest absolute Gasteiger partial charge is 0.258 e. The molecule has 0 aliphatic carbocycles. The average Bonchev–Trinajstić information content (AvgIpc) is 2.86. The van der Waals surface area contributed by atoms with E-state index in [0.717, 1.165) is 24.2 Å². The molecule has 0 spiro atoms. The molecule has 1 atom stereocenters. The standard InChI is InChI=1S/C12H12BrFN4O2/c1-2-9(13)11-7-17(16-15-11)6-8-3-4-12(18(19)20)10(14)5-8/h3-5,7,9H,2,6H2,1H3. The van der Waals surface area contributed by atoms with Gasteiger partial charge in [-0.1, -0.05) is 34.1 Å². The minimum Gasteiger partial charge on any atom is -0.258 e. The van der Waals surface area contributed by atoms with Gasteiger partial charge in [0.25, 0.3) is 0 Å². The molecule has 2 rings (SSSR count). The van der Waals surface area contributed by atoms with Crippen LogP contribution in [0.2, 0.25) is 0 Å². The Labute approximate surface area is 122 Å². The van der Waals surface area contributed by atoms with Crippen LogP contribution in [0.4, 0.5) is 10.1 Å². The van der Waals surface area contributed by atoms with Gasteiger partial charge in [-0.15, -0.1) is 5.10 Å². The van der Waals surface area contributed by atoms with E-state index in [2.05, 4.69) is 26.2 Å². The summed E-state index contributed by atoms with van der Waals surface area (Å²) < 4.78 is 15.1. The highest BCUT2D eigenvalue weighted by atomic mass is 79.9. The summed E-state index contributed by atoms with van der Waals surface area (Å²) in [6.45, 7) is 2.33. The molecule has 0 aliphatic rings. The second kappa shape index (κ2) is 6.08.